The predicted octanol–water partition coefficient (Wildman–Crippen LogP) is 1.87. The minimum absolute atomic E-state index is 0.276. The van der Waals surface area contributed by atoms with Crippen molar-refractivity contribution in [2.24, 2.45) is 5.73 Å². The molecule has 0 aliphatic carbocycles. The Morgan fingerprint density at radius 2 is 2.29 bits per heavy atom. The number of ketones is 1. The van der Waals surface area contributed by atoms with Gasteiger partial charge in [-0.2, -0.15) is 0 Å². The van der Waals surface area contributed by atoms with E-state index in [9.17, 15) is 4.79 Å². The molecule has 1 aromatic carbocycles. The lowest BCUT2D eigenvalue weighted by molar-refractivity contribution is 0.0984. The van der Waals surface area contributed by atoms with Crippen LogP contribution in [0.1, 0.15) is 22.3 Å². The van der Waals surface area contributed by atoms with Crippen LogP contribution in [-0.4, -0.2) is 18.1 Å². The Morgan fingerprint density at radius 3 is 3.07 bits per heavy atom. The van der Waals surface area contributed by atoms with E-state index in [0.29, 0.717) is 13.0 Å². The first-order valence-electron chi connectivity index (χ1n) is 4.80. The second-order valence-electron chi connectivity index (χ2n) is 3.39. The molecular weight excluding hydrogens is 194 g/mol. The highest BCUT2D eigenvalue weighted by Crippen LogP contribution is 2.30. The number of carbonyl (C=O) groups excluding carboxylic acids is 1. The summed E-state index contributed by atoms with van der Waals surface area (Å²) >= 11 is 1.77. The molecular formula is C11H13NOS. The molecule has 0 fully saturated rings. The lowest BCUT2D eigenvalue weighted by Gasteiger charge is -2.14. The molecule has 2 N–H and O–H groups in total. The van der Waals surface area contributed by atoms with Gasteiger partial charge in [0.25, 0.3) is 0 Å². The van der Waals surface area contributed by atoms with Gasteiger partial charge < -0.3 is 5.73 Å². The van der Waals surface area contributed by atoms with Gasteiger partial charge in [0.2, 0.25) is 0 Å². The molecule has 0 saturated heterocycles. The summed E-state index contributed by atoms with van der Waals surface area (Å²) in [4.78, 5) is 12.7. The third-order valence-corrected chi connectivity index (χ3v) is 3.44. The molecule has 0 atom stereocenters. The zero-order chi connectivity index (χ0) is 9.97. The Bertz CT molecular complexity index is 362. The van der Waals surface area contributed by atoms with Crippen molar-refractivity contribution in [1.82, 2.24) is 0 Å². The Balaban J connectivity index is 2.36. The average Bonchev–Trinajstić information content (AvgIpc) is 2.20. The average molecular weight is 207 g/mol. The first-order chi connectivity index (χ1) is 6.81. The maximum absolute atomic E-state index is 11.6. The Morgan fingerprint density at radius 1 is 1.43 bits per heavy atom. The van der Waals surface area contributed by atoms with Gasteiger partial charge >= 0.3 is 0 Å². The number of hydrogen-bond donors (Lipinski definition) is 1. The van der Waals surface area contributed by atoms with E-state index >= 15 is 0 Å². The third-order valence-electron chi connectivity index (χ3n) is 2.36. The van der Waals surface area contributed by atoms with Gasteiger partial charge in [0.05, 0.1) is 0 Å². The van der Waals surface area contributed by atoms with E-state index in [0.717, 1.165) is 22.6 Å². The van der Waals surface area contributed by atoms with Crippen LogP contribution in [0.4, 0.5) is 0 Å². The van der Waals surface area contributed by atoms with Crippen molar-refractivity contribution >= 4 is 17.5 Å². The summed E-state index contributed by atoms with van der Waals surface area (Å²) in [6, 6.07) is 6.11. The Kier molecular flexibility index (Phi) is 2.89. The maximum atomic E-state index is 11.6. The fourth-order valence-electron chi connectivity index (χ4n) is 1.63. The van der Waals surface area contributed by atoms with Crippen molar-refractivity contribution in [3.8, 4) is 0 Å². The fourth-order valence-corrected chi connectivity index (χ4v) is 2.63. The van der Waals surface area contributed by atoms with Crippen LogP contribution in [0.5, 0.6) is 0 Å². The van der Waals surface area contributed by atoms with E-state index in [1.165, 1.54) is 5.56 Å². The summed E-state index contributed by atoms with van der Waals surface area (Å²) in [6.07, 6.45) is 1.52. The van der Waals surface area contributed by atoms with Crippen molar-refractivity contribution < 1.29 is 4.79 Å². The molecule has 0 bridgehead atoms. The molecule has 14 heavy (non-hydrogen) atoms. The minimum Gasteiger partial charge on any atom is -0.330 e. The van der Waals surface area contributed by atoms with Crippen LogP contribution < -0.4 is 5.73 Å². The molecule has 1 aromatic rings. The second-order valence-corrected chi connectivity index (χ2v) is 4.53. The van der Waals surface area contributed by atoms with E-state index in [1.807, 2.05) is 12.1 Å². The summed E-state index contributed by atoms with van der Waals surface area (Å²) in [5, 5.41) is 0. The monoisotopic (exact) mass is 207 g/mol. The zero-order valence-electron chi connectivity index (χ0n) is 7.95. The number of rotatable bonds is 2. The SMILES string of the molecule is NCCc1ccc2c(c1)C(=O)CCS2. The molecule has 0 amide bonds. The lowest BCUT2D eigenvalue weighted by Crippen LogP contribution is -2.10. The summed E-state index contributed by atoms with van der Waals surface area (Å²) in [5.41, 5.74) is 7.55. The van der Waals surface area contributed by atoms with Crippen molar-refractivity contribution in [3.05, 3.63) is 29.3 Å². The van der Waals surface area contributed by atoms with Crippen LogP contribution in [0, 0.1) is 0 Å². The lowest BCUT2D eigenvalue weighted by atomic mass is 10.0. The number of hydrogen-bond acceptors (Lipinski definition) is 3. The molecule has 0 unspecified atom stereocenters. The van der Waals surface area contributed by atoms with E-state index in [4.69, 9.17) is 5.73 Å². The van der Waals surface area contributed by atoms with Crippen molar-refractivity contribution in [2.45, 2.75) is 17.7 Å². The van der Waals surface area contributed by atoms with E-state index in [2.05, 4.69) is 6.07 Å². The number of thioether (sulfide) groups is 1. The Labute approximate surface area is 87.9 Å². The maximum Gasteiger partial charge on any atom is 0.164 e. The molecule has 0 spiro atoms. The minimum atomic E-state index is 0.276. The highest BCUT2D eigenvalue weighted by atomic mass is 32.2. The molecule has 1 heterocycles. The van der Waals surface area contributed by atoms with Crippen LogP contribution >= 0.6 is 11.8 Å². The van der Waals surface area contributed by atoms with Gasteiger partial charge in [0.15, 0.2) is 5.78 Å². The molecule has 74 valence electrons. The first-order valence-corrected chi connectivity index (χ1v) is 5.79. The van der Waals surface area contributed by atoms with Gasteiger partial charge in [-0.05, 0) is 30.7 Å². The number of Topliss-reactive ketones (excluding diaryl/α,β-unsaturated/α-hetero) is 1. The van der Waals surface area contributed by atoms with Crippen molar-refractivity contribution in [3.63, 3.8) is 0 Å². The van der Waals surface area contributed by atoms with Crippen molar-refractivity contribution in [2.75, 3.05) is 12.3 Å². The summed E-state index contributed by atoms with van der Waals surface area (Å²) in [7, 11) is 0. The largest absolute Gasteiger partial charge is 0.330 e. The third kappa shape index (κ3) is 1.83. The first kappa shape index (κ1) is 9.74. The van der Waals surface area contributed by atoms with Crippen LogP contribution in [0.15, 0.2) is 23.1 Å². The van der Waals surface area contributed by atoms with Gasteiger partial charge in [-0.25, -0.2) is 0 Å². The normalized spacial score (nSPS) is 15.4. The zero-order valence-corrected chi connectivity index (χ0v) is 8.77. The molecule has 0 radical (unpaired) electrons. The Hall–Kier alpha value is -0.800. The highest BCUT2D eigenvalue weighted by molar-refractivity contribution is 7.99. The fraction of sp³-hybridized carbons (Fsp3) is 0.364. The summed E-state index contributed by atoms with van der Waals surface area (Å²) in [5.74, 6) is 1.19. The molecule has 2 rings (SSSR count). The van der Waals surface area contributed by atoms with E-state index < -0.39 is 0 Å². The predicted molar refractivity (Wildman–Crippen MR) is 58.9 cm³/mol. The van der Waals surface area contributed by atoms with Gasteiger partial charge in [-0.3, -0.25) is 4.79 Å². The smallest absolute Gasteiger partial charge is 0.164 e. The van der Waals surface area contributed by atoms with E-state index in [1.54, 1.807) is 11.8 Å². The number of nitrogens with two attached hydrogens (primary N) is 1. The standard InChI is InChI=1S/C11H13NOS/c12-5-3-8-1-2-11-9(7-8)10(13)4-6-14-11/h1-2,7H,3-6,12H2. The van der Waals surface area contributed by atoms with Crippen LogP contribution in [0.3, 0.4) is 0 Å². The molecule has 0 saturated carbocycles. The van der Waals surface area contributed by atoms with E-state index in [-0.39, 0.29) is 5.78 Å². The molecule has 1 aliphatic heterocycles. The van der Waals surface area contributed by atoms with Gasteiger partial charge in [0, 0.05) is 22.6 Å². The second kappa shape index (κ2) is 4.15. The van der Waals surface area contributed by atoms with Crippen LogP contribution in [0.25, 0.3) is 0 Å². The number of carbonyl (C=O) groups is 1. The van der Waals surface area contributed by atoms with Crippen LogP contribution in [-0.2, 0) is 6.42 Å². The highest BCUT2D eigenvalue weighted by Gasteiger charge is 2.17. The van der Waals surface area contributed by atoms with Gasteiger partial charge in [-0.15, -0.1) is 11.8 Å². The molecule has 3 heteroatoms. The molecule has 0 aromatic heterocycles. The molecule has 2 nitrogen and oxygen atoms in total. The number of fused-ring (bicyclic) bond motifs is 1. The summed E-state index contributed by atoms with van der Waals surface area (Å²) < 4.78 is 0. The summed E-state index contributed by atoms with van der Waals surface area (Å²) in [6.45, 7) is 0.639. The quantitative estimate of drug-likeness (QED) is 0.805. The topological polar surface area (TPSA) is 43.1 Å². The number of benzene rings is 1. The van der Waals surface area contributed by atoms with Crippen molar-refractivity contribution in [1.29, 1.82) is 0 Å². The molecule has 1 aliphatic rings. The van der Waals surface area contributed by atoms with Gasteiger partial charge in [0.1, 0.15) is 0 Å². The van der Waals surface area contributed by atoms with Crippen LogP contribution in [0.2, 0.25) is 0 Å². The van der Waals surface area contributed by atoms with Gasteiger partial charge in [-0.1, -0.05) is 6.07 Å².